The molecule has 2 heterocycles. The normalized spacial score (nSPS) is 13.5. The van der Waals surface area contributed by atoms with Gasteiger partial charge in [0.05, 0.1) is 30.6 Å². The van der Waals surface area contributed by atoms with Crippen LogP contribution in [0.5, 0.6) is 5.75 Å². The van der Waals surface area contributed by atoms with Crippen molar-refractivity contribution in [3.8, 4) is 28.3 Å². The second-order valence-electron chi connectivity index (χ2n) is 7.01. The van der Waals surface area contributed by atoms with E-state index in [4.69, 9.17) is 4.74 Å². The second kappa shape index (κ2) is 7.41. The van der Waals surface area contributed by atoms with Crippen molar-refractivity contribution in [2.45, 2.75) is 13.0 Å². The summed E-state index contributed by atoms with van der Waals surface area (Å²) < 4.78 is 32.5. The fourth-order valence-electron chi connectivity index (χ4n) is 3.41. The number of sulfonamides is 1. The van der Waals surface area contributed by atoms with Crippen molar-refractivity contribution >= 4 is 10.0 Å². The van der Waals surface area contributed by atoms with Gasteiger partial charge in [0, 0.05) is 37.7 Å². The molecule has 6 nitrogen and oxygen atoms in total. The molecule has 1 aliphatic rings. The van der Waals surface area contributed by atoms with Gasteiger partial charge in [0.1, 0.15) is 5.75 Å². The van der Waals surface area contributed by atoms with Crippen molar-refractivity contribution in [3.63, 3.8) is 0 Å². The zero-order chi connectivity index (χ0) is 19.7. The van der Waals surface area contributed by atoms with Gasteiger partial charge in [-0.25, -0.2) is 17.7 Å². The lowest BCUT2D eigenvalue weighted by Gasteiger charge is -2.16. The molecule has 3 aromatic rings. The molecular formula is C21H23N3O3S. The molecule has 1 aliphatic heterocycles. The average Bonchev–Trinajstić information content (AvgIpc) is 3.32. The summed E-state index contributed by atoms with van der Waals surface area (Å²) in [6.45, 7) is 1.61. The number of ether oxygens (including phenoxy) is 1. The number of aromatic nitrogens is 2. The van der Waals surface area contributed by atoms with Crippen LogP contribution in [0.15, 0.2) is 54.9 Å². The summed E-state index contributed by atoms with van der Waals surface area (Å²) in [7, 11) is -1.63. The number of nitrogens with zero attached hydrogens (tertiary/aromatic N) is 3. The van der Waals surface area contributed by atoms with Crippen LogP contribution in [0.3, 0.4) is 0 Å². The molecule has 7 heteroatoms. The smallest absolute Gasteiger partial charge is 0.211 e. The fourth-order valence-corrected chi connectivity index (χ4v) is 3.82. The summed E-state index contributed by atoms with van der Waals surface area (Å²) >= 11 is 0. The molecular weight excluding hydrogens is 374 g/mol. The van der Waals surface area contributed by atoms with Crippen LogP contribution in [0.2, 0.25) is 0 Å². The van der Waals surface area contributed by atoms with Gasteiger partial charge in [-0.1, -0.05) is 30.3 Å². The van der Waals surface area contributed by atoms with Crippen molar-refractivity contribution in [1.82, 2.24) is 13.9 Å². The number of hydrogen-bond acceptors (Lipinski definition) is 4. The van der Waals surface area contributed by atoms with Crippen LogP contribution in [0.25, 0.3) is 22.5 Å². The summed E-state index contributed by atoms with van der Waals surface area (Å²) in [5, 5.41) is 0. The van der Waals surface area contributed by atoms with Crippen molar-refractivity contribution in [1.29, 1.82) is 0 Å². The molecule has 0 saturated carbocycles. The highest BCUT2D eigenvalue weighted by Crippen LogP contribution is 2.35. The summed E-state index contributed by atoms with van der Waals surface area (Å²) in [6, 6.07) is 16.2. The monoisotopic (exact) mass is 397 g/mol. The maximum Gasteiger partial charge on any atom is 0.211 e. The zero-order valence-electron chi connectivity index (χ0n) is 16.0. The number of benzene rings is 2. The van der Waals surface area contributed by atoms with E-state index in [0.29, 0.717) is 19.7 Å². The maximum atomic E-state index is 11.7. The van der Waals surface area contributed by atoms with E-state index in [1.807, 2.05) is 47.0 Å². The first kappa shape index (κ1) is 18.7. The molecule has 4 rings (SSSR count). The third kappa shape index (κ3) is 3.68. The minimum atomic E-state index is -3.22. The molecule has 0 spiro atoms. The molecule has 0 aliphatic carbocycles. The van der Waals surface area contributed by atoms with E-state index in [9.17, 15) is 8.42 Å². The lowest BCUT2D eigenvalue weighted by molar-refractivity contribution is 0.357. The molecule has 0 fully saturated rings. The molecule has 0 bridgehead atoms. The summed E-state index contributed by atoms with van der Waals surface area (Å²) in [5.74, 6) is 0.938. The first-order valence-corrected chi connectivity index (χ1v) is 11.1. The highest BCUT2D eigenvalue weighted by molar-refractivity contribution is 7.88. The number of imidazole rings is 1. The van der Waals surface area contributed by atoms with Crippen LogP contribution in [0.4, 0.5) is 0 Å². The molecule has 0 unspecified atom stereocenters. The average molecular weight is 398 g/mol. The van der Waals surface area contributed by atoms with Crippen molar-refractivity contribution < 1.29 is 13.2 Å². The van der Waals surface area contributed by atoms with Crippen molar-refractivity contribution in [2.24, 2.45) is 0 Å². The van der Waals surface area contributed by atoms with Gasteiger partial charge in [0.15, 0.2) is 0 Å². The van der Waals surface area contributed by atoms with Gasteiger partial charge in [-0.05, 0) is 23.8 Å². The molecule has 0 atom stereocenters. The predicted molar refractivity (Wildman–Crippen MR) is 110 cm³/mol. The Hall–Kier alpha value is -2.64. The van der Waals surface area contributed by atoms with Gasteiger partial charge in [0.25, 0.3) is 0 Å². The Balaban J connectivity index is 1.76. The topological polar surface area (TPSA) is 64.4 Å². The SMILES string of the molecule is CN(CCn1cnc(-c2ccccc2)c1-c1ccc2c(c1)CCO2)S(C)(=O)=O. The van der Waals surface area contributed by atoms with Gasteiger partial charge in [-0.2, -0.15) is 0 Å². The second-order valence-corrected chi connectivity index (χ2v) is 9.10. The van der Waals surface area contributed by atoms with Crippen LogP contribution in [0, 0.1) is 0 Å². The standard InChI is InChI=1S/C21H23N3O3S/c1-23(28(2,25)26)11-12-24-15-22-20(16-6-4-3-5-7-16)21(24)18-8-9-19-17(14-18)10-13-27-19/h3-9,14-15H,10-13H2,1-2H3. The Bertz CT molecular complexity index is 1090. The van der Waals surface area contributed by atoms with Gasteiger partial charge < -0.3 is 9.30 Å². The molecule has 1 aromatic heterocycles. The number of hydrogen-bond donors (Lipinski definition) is 0. The van der Waals surface area contributed by atoms with Gasteiger partial charge in [-0.15, -0.1) is 0 Å². The molecule has 28 heavy (non-hydrogen) atoms. The molecule has 0 amide bonds. The predicted octanol–water partition coefficient (Wildman–Crippen LogP) is 3.04. The first-order chi connectivity index (χ1) is 13.4. The Labute approximate surface area is 165 Å². The summed E-state index contributed by atoms with van der Waals surface area (Å²) in [4.78, 5) is 4.66. The van der Waals surface area contributed by atoms with Crippen LogP contribution in [0.1, 0.15) is 5.56 Å². The lowest BCUT2D eigenvalue weighted by atomic mass is 10.0. The van der Waals surface area contributed by atoms with Gasteiger partial charge in [0.2, 0.25) is 10.0 Å². The van der Waals surface area contributed by atoms with Crippen molar-refractivity contribution in [2.75, 3.05) is 26.5 Å². The molecule has 0 saturated heterocycles. The third-order valence-corrected chi connectivity index (χ3v) is 6.38. The van der Waals surface area contributed by atoms with Crippen LogP contribution in [-0.4, -0.2) is 48.7 Å². The minimum absolute atomic E-state index is 0.379. The number of likely N-dealkylation sites (N-methyl/N-ethyl adjacent to an activating group) is 1. The summed E-state index contributed by atoms with van der Waals surface area (Å²) in [6.07, 6.45) is 3.91. The van der Waals surface area contributed by atoms with Crippen molar-refractivity contribution in [3.05, 3.63) is 60.4 Å². The van der Waals surface area contributed by atoms with E-state index in [-0.39, 0.29) is 0 Å². The van der Waals surface area contributed by atoms with E-state index < -0.39 is 10.0 Å². The largest absolute Gasteiger partial charge is 0.493 e. The van der Waals surface area contributed by atoms with Gasteiger partial charge >= 0.3 is 0 Å². The number of fused-ring (bicyclic) bond motifs is 1. The molecule has 146 valence electrons. The van der Waals surface area contributed by atoms with Gasteiger partial charge in [-0.3, -0.25) is 0 Å². The van der Waals surface area contributed by atoms with E-state index in [1.165, 1.54) is 16.1 Å². The quantitative estimate of drug-likeness (QED) is 0.641. The van der Waals surface area contributed by atoms with E-state index in [0.717, 1.165) is 34.7 Å². The van der Waals surface area contributed by atoms with E-state index in [2.05, 4.69) is 11.1 Å². The van der Waals surface area contributed by atoms with Crippen LogP contribution < -0.4 is 4.74 Å². The Kier molecular flexibility index (Phi) is 4.95. The Morgan fingerprint density at radius 3 is 2.68 bits per heavy atom. The van der Waals surface area contributed by atoms with Crippen LogP contribution >= 0.6 is 0 Å². The fraction of sp³-hybridized carbons (Fsp3) is 0.286. The van der Waals surface area contributed by atoms with Crippen LogP contribution in [-0.2, 0) is 23.0 Å². The number of rotatable bonds is 6. The molecule has 0 radical (unpaired) electrons. The molecule has 2 aromatic carbocycles. The minimum Gasteiger partial charge on any atom is -0.493 e. The highest BCUT2D eigenvalue weighted by Gasteiger charge is 2.19. The third-order valence-electron chi connectivity index (χ3n) is 5.07. The first-order valence-electron chi connectivity index (χ1n) is 9.21. The highest BCUT2D eigenvalue weighted by atomic mass is 32.2. The lowest BCUT2D eigenvalue weighted by Crippen LogP contribution is -2.29. The maximum absolute atomic E-state index is 11.7. The Morgan fingerprint density at radius 1 is 1.14 bits per heavy atom. The zero-order valence-corrected chi connectivity index (χ0v) is 16.8. The molecule has 0 N–H and O–H groups in total. The van der Waals surface area contributed by atoms with E-state index >= 15 is 0 Å². The Morgan fingerprint density at radius 2 is 1.93 bits per heavy atom. The summed E-state index contributed by atoms with van der Waals surface area (Å²) in [5.41, 5.74) is 5.16. The van der Waals surface area contributed by atoms with E-state index in [1.54, 1.807) is 13.4 Å².